The zero-order valence-corrected chi connectivity index (χ0v) is 14.2. The van der Waals surface area contributed by atoms with Crippen LogP contribution in [0.2, 0.25) is 0 Å². The van der Waals surface area contributed by atoms with Crippen LogP contribution >= 0.6 is 11.8 Å². The topological polar surface area (TPSA) is 81.4 Å². The SMILES string of the molecule is Cc1ncnc2c1ncn2Cc1ccc2c(c1)Nc1nccnc1S2. The van der Waals surface area contributed by atoms with Crippen LogP contribution in [0.1, 0.15) is 11.3 Å². The number of nitrogens with zero attached hydrogens (tertiary/aromatic N) is 6. The highest BCUT2D eigenvalue weighted by atomic mass is 32.2. The van der Waals surface area contributed by atoms with Crippen LogP contribution in [0, 0.1) is 6.92 Å². The van der Waals surface area contributed by atoms with Crippen LogP contribution in [0.15, 0.2) is 53.2 Å². The molecule has 3 aromatic heterocycles. The first-order valence-electron chi connectivity index (χ1n) is 7.79. The molecule has 1 aliphatic rings. The van der Waals surface area contributed by atoms with E-state index in [2.05, 4.69) is 48.4 Å². The normalized spacial score (nSPS) is 12.5. The van der Waals surface area contributed by atoms with Crippen molar-refractivity contribution in [1.29, 1.82) is 0 Å². The van der Waals surface area contributed by atoms with Crippen molar-refractivity contribution in [2.24, 2.45) is 0 Å². The first kappa shape index (κ1) is 14.4. The van der Waals surface area contributed by atoms with E-state index in [0.717, 1.165) is 43.8 Å². The fourth-order valence-electron chi connectivity index (χ4n) is 2.89. The molecule has 0 bridgehead atoms. The van der Waals surface area contributed by atoms with E-state index in [4.69, 9.17) is 0 Å². The van der Waals surface area contributed by atoms with Gasteiger partial charge in [-0.05, 0) is 24.6 Å². The molecule has 0 unspecified atom stereocenters. The maximum atomic E-state index is 4.43. The molecule has 0 radical (unpaired) electrons. The number of aryl methyl sites for hydroxylation is 1. The summed E-state index contributed by atoms with van der Waals surface area (Å²) in [5, 5.41) is 4.26. The Hall–Kier alpha value is -3.00. The number of nitrogens with one attached hydrogen (secondary N) is 1. The lowest BCUT2D eigenvalue weighted by Crippen LogP contribution is -2.05. The van der Waals surface area contributed by atoms with Gasteiger partial charge in [-0.15, -0.1) is 0 Å². The molecule has 0 fully saturated rings. The lowest BCUT2D eigenvalue weighted by atomic mass is 10.2. The number of hydrogen-bond acceptors (Lipinski definition) is 7. The van der Waals surface area contributed by atoms with Gasteiger partial charge in [0.1, 0.15) is 16.9 Å². The fraction of sp³-hybridized carbons (Fsp3) is 0.118. The molecule has 1 aromatic carbocycles. The minimum Gasteiger partial charge on any atom is -0.337 e. The van der Waals surface area contributed by atoms with Gasteiger partial charge in [-0.1, -0.05) is 17.8 Å². The average molecular weight is 347 g/mol. The minimum absolute atomic E-state index is 0.694. The Balaban J connectivity index is 1.49. The fourth-order valence-corrected chi connectivity index (χ4v) is 3.77. The van der Waals surface area contributed by atoms with Crippen LogP contribution in [-0.2, 0) is 6.54 Å². The second-order valence-electron chi connectivity index (χ2n) is 5.77. The third-order valence-corrected chi connectivity index (χ3v) is 5.17. The summed E-state index contributed by atoms with van der Waals surface area (Å²) in [6.07, 6.45) is 6.80. The Bertz CT molecular complexity index is 1110. The summed E-state index contributed by atoms with van der Waals surface area (Å²) < 4.78 is 2.04. The van der Waals surface area contributed by atoms with Gasteiger partial charge in [0.25, 0.3) is 0 Å². The molecular weight excluding hydrogens is 334 g/mol. The standard InChI is InChI=1S/C17H13N7S/c1-10-14-16(21-8-20-10)24(9-22-14)7-11-2-3-13-12(6-11)23-15-17(25-13)19-5-4-18-15/h2-6,8-9H,7H2,1H3,(H,18,23). The lowest BCUT2D eigenvalue weighted by Gasteiger charge is -2.19. The highest BCUT2D eigenvalue weighted by molar-refractivity contribution is 7.99. The van der Waals surface area contributed by atoms with E-state index in [1.807, 2.05) is 17.8 Å². The predicted molar refractivity (Wildman–Crippen MR) is 95.0 cm³/mol. The molecule has 8 heteroatoms. The second kappa shape index (κ2) is 5.52. The first-order valence-corrected chi connectivity index (χ1v) is 8.61. The van der Waals surface area contributed by atoms with Crippen molar-refractivity contribution in [2.45, 2.75) is 23.4 Å². The third kappa shape index (κ3) is 2.42. The Kier molecular flexibility index (Phi) is 3.17. The smallest absolute Gasteiger partial charge is 0.163 e. The number of aromatic nitrogens is 6. The Labute approximate surface area is 147 Å². The molecule has 0 saturated heterocycles. The summed E-state index contributed by atoms with van der Waals surface area (Å²) in [6, 6.07) is 6.37. The molecular formula is C17H13N7S. The lowest BCUT2D eigenvalue weighted by molar-refractivity contribution is 0.812. The zero-order valence-electron chi connectivity index (χ0n) is 13.3. The average Bonchev–Trinajstić information content (AvgIpc) is 3.04. The highest BCUT2D eigenvalue weighted by Gasteiger charge is 2.18. The van der Waals surface area contributed by atoms with Crippen LogP contribution in [-0.4, -0.2) is 29.5 Å². The van der Waals surface area contributed by atoms with E-state index in [-0.39, 0.29) is 0 Å². The summed E-state index contributed by atoms with van der Waals surface area (Å²) in [5.41, 5.74) is 4.80. The van der Waals surface area contributed by atoms with Crippen LogP contribution in [0.25, 0.3) is 11.2 Å². The Morgan fingerprint density at radius 1 is 1.08 bits per heavy atom. The predicted octanol–water partition coefficient (Wildman–Crippen LogP) is 3.18. The molecule has 0 amide bonds. The molecule has 4 heterocycles. The molecule has 0 spiro atoms. The van der Waals surface area contributed by atoms with Gasteiger partial charge in [0.15, 0.2) is 11.5 Å². The molecule has 4 aromatic rings. The zero-order chi connectivity index (χ0) is 16.8. The van der Waals surface area contributed by atoms with E-state index >= 15 is 0 Å². The van der Waals surface area contributed by atoms with Crippen LogP contribution in [0.4, 0.5) is 11.5 Å². The summed E-state index contributed by atoms with van der Waals surface area (Å²) in [6.45, 7) is 2.64. The van der Waals surface area contributed by atoms with Crippen molar-refractivity contribution < 1.29 is 0 Å². The van der Waals surface area contributed by atoms with Gasteiger partial charge in [0, 0.05) is 17.3 Å². The molecule has 25 heavy (non-hydrogen) atoms. The van der Waals surface area contributed by atoms with Crippen molar-refractivity contribution in [1.82, 2.24) is 29.5 Å². The summed E-state index contributed by atoms with van der Waals surface area (Å²) in [7, 11) is 0. The maximum Gasteiger partial charge on any atom is 0.163 e. The van der Waals surface area contributed by atoms with Gasteiger partial charge < -0.3 is 9.88 Å². The van der Waals surface area contributed by atoms with E-state index in [9.17, 15) is 0 Å². The molecule has 1 aliphatic heterocycles. The molecule has 0 aliphatic carbocycles. The van der Waals surface area contributed by atoms with Crippen molar-refractivity contribution in [2.75, 3.05) is 5.32 Å². The first-order chi connectivity index (χ1) is 12.3. The Morgan fingerprint density at radius 2 is 2.00 bits per heavy atom. The van der Waals surface area contributed by atoms with E-state index in [0.29, 0.717) is 6.54 Å². The van der Waals surface area contributed by atoms with Gasteiger partial charge >= 0.3 is 0 Å². The summed E-state index contributed by atoms with van der Waals surface area (Å²) in [4.78, 5) is 22.8. The molecule has 5 rings (SSSR count). The molecule has 0 atom stereocenters. The van der Waals surface area contributed by atoms with Gasteiger partial charge in [-0.3, -0.25) is 0 Å². The van der Waals surface area contributed by atoms with Gasteiger partial charge in [-0.2, -0.15) is 0 Å². The van der Waals surface area contributed by atoms with Gasteiger partial charge in [-0.25, -0.2) is 24.9 Å². The van der Waals surface area contributed by atoms with Crippen LogP contribution in [0.5, 0.6) is 0 Å². The highest BCUT2D eigenvalue weighted by Crippen LogP contribution is 2.42. The molecule has 7 nitrogen and oxygen atoms in total. The summed E-state index contributed by atoms with van der Waals surface area (Å²) in [5.74, 6) is 0.800. The maximum absolute atomic E-state index is 4.43. The van der Waals surface area contributed by atoms with Crippen molar-refractivity contribution in [3.63, 3.8) is 0 Å². The van der Waals surface area contributed by atoms with Crippen LogP contribution in [0.3, 0.4) is 0 Å². The minimum atomic E-state index is 0.694. The van der Waals surface area contributed by atoms with E-state index in [1.54, 1.807) is 30.5 Å². The largest absolute Gasteiger partial charge is 0.337 e. The number of hydrogen-bond donors (Lipinski definition) is 1. The summed E-state index contributed by atoms with van der Waals surface area (Å²) >= 11 is 1.63. The number of anilines is 2. The van der Waals surface area contributed by atoms with E-state index < -0.39 is 0 Å². The van der Waals surface area contributed by atoms with E-state index in [1.165, 1.54) is 0 Å². The monoisotopic (exact) mass is 347 g/mol. The van der Waals surface area contributed by atoms with Gasteiger partial charge in [0.2, 0.25) is 0 Å². The molecule has 122 valence electrons. The number of rotatable bonds is 2. The molecule has 0 saturated carbocycles. The number of benzene rings is 1. The van der Waals surface area contributed by atoms with Crippen molar-refractivity contribution in [3.8, 4) is 0 Å². The number of imidazole rings is 1. The number of fused-ring (bicyclic) bond motifs is 3. The van der Waals surface area contributed by atoms with Crippen LogP contribution < -0.4 is 5.32 Å². The quantitative estimate of drug-likeness (QED) is 0.525. The van der Waals surface area contributed by atoms with Gasteiger partial charge in [0.05, 0.1) is 24.3 Å². The molecule has 1 N–H and O–H groups in total. The van der Waals surface area contributed by atoms with Crippen molar-refractivity contribution >= 4 is 34.4 Å². The Morgan fingerprint density at radius 3 is 2.96 bits per heavy atom. The van der Waals surface area contributed by atoms with Crippen molar-refractivity contribution in [3.05, 3.63) is 54.5 Å². The third-order valence-electron chi connectivity index (χ3n) is 4.11. The second-order valence-corrected chi connectivity index (χ2v) is 6.80.